The van der Waals surface area contributed by atoms with Gasteiger partial charge in [0.25, 0.3) is 0 Å². The molecule has 0 amide bonds. The molecular formula is C13H24N4O. The van der Waals surface area contributed by atoms with E-state index in [1.807, 2.05) is 17.9 Å². The molecule has 0 spiro atoms. The Bertz CT molecular complexity index is 347. The van der Waals surface area contributed by atoms with E-state index in [1.165, 1.54) is 5.56 Å². The second kappa shape index (κ2) is 6.87. The lowest BCUT2D eigenvalue weighted by Crippen LogP contribution is -2.34. The predicted octanol–water partition coefficient (Wildman–Crippen LogP) is 0.620. The molecule has 1 aromatic rings. The van der Waals surface area contributed by atoms with Gasteiger partial charge >= 0.3 is 0 Å². The number of nitrogens with one attached hydrogen (secondary N) is 1. The van der Waals surface area contributed by atoms with Crippen LogP contribution in [0.5, 0.6) is 0 Å². The van der Waals surface area contributed by atoms with Crippen LogP contribution >= 0.6 is 0 Å². The molecule has 0 saturated carbocycles. The van der Waals surface area contributed by atoms with E-state index in [1.54, 1.807) is 0 Å². The van der Waals surface area contributed by atoms with Gasteiger partial charge in [-0.2, -0.15) is 5.10 Å². The topological polar surface area (TPSA) is 42.3 Å². The molecule has 0 aliphatic carbocycles. The van der Waals surface area contributed by atoms with Crippen LogP contribution in [0.1, 0.15) is 18.4 Å². The molecule has 0 unspecified atom stereocenters. The summed E-state index contributed by atoms with van der Waals surface area (Å²) in [5.41, 5.74) is 1.25. The molecule has 102 valence electrons. The zero-order valence-corrected chi connectivity index (χ0v) is 11.4. The number of likely N-dealkylation sites (N-methyl/N-ethyl adjacent to an activating group) is 1. The minimum absolute atomic E-state index is 0.457. The van der Waals surface area contributed by atoms with Crippen molar-refractivity contribution < 1.29 is 4.74 Å². The Labute approximate surface area is 109 Å². The third kappa shape index (κ3) is 4.40. The van der Waals surface area contributed by atoms with Gasteiger partial charge in [0, 0.05) is 31.9 Å². The van der Waals surface area contributed by atoms with E-state index in [9.17, 15) is 0 Å². The van der Waals surface area contributed by atoms with Gasteiger partial charge in [0.1, 0.15) is 0 Å². The highest BCUT2D eigenvalue weighted by Gasteiger charge is 2.13. The van der Waals surface area contributed by atoms with Crippen LogP contribution < -0.4 is 5.32 Å². The fourth-order valence-electron chi connectivity index (χ4n) is 2.28. The van der Waals surface area contributed by atoms with Gasteiger partial charge in [-0.15, -0.1) is 0 Å². The SMILES string of the molecule is CN(CCOC1CCNCC1)Cc1cnn(C)c1. The predicted molar refractivity (Wildman–Crippen MR) is 71.4 cm³/mol. The van der Waals surface area contributed by atoms with E-state index >= 15 is 0 Å². The number of piperidine rings is 1. The standard InChI is InChI=1S/C13H24N4O/c1-16(10-12-9-15-17(2)11-12)7-8-18-13-3-5-14-6-4-13/h9,11,13-14H,3-8,10H2,1-2H3. The van der Waals surface area contributed by atoms with E-state index in [-0.39, 0.29) is 0 Å². The first-order valence-corrected chi connectivity index (χ1v) is 6.72. The highest BCUT2D eigenvalue weighted by Crippen LogP contribution is 2.07. The third-order valence-electron chi connectivity index (χ3n) is 3.32. The molecule has 2 heterocycles. The molecule has 18 heavy (non-hydrogen) atoms. The monoisotopic (exact) mass is 252 g/mol. The Morgan fingerprint density at radius 3 is 2.94 bits per heavy atom. The van der Waals surface area contributed by atoms with Gasteiger partial charge in [0.2, 0.25) is 0 Å². The molecule has 5 heteroatoms. The van der Waals surface area contributed by atoms with Crippen molar-refractivity contribution in [1.82, 2.24) is 20.0 Å². The Morgan fingerprint density at radius 1 is 1.50 bits per heavy atom. The van der Waals surface area contributed by atoms with Gasteiger partial charge in [-0.05, 0) is 33.0 Å². The highest BCUT2D eigenvalue weighted by molar-refractivity contribution is 5.02. The van der Waals surface area contributed by atoms with Gasteiger partial charge in [-0.3, -0.25) is 9.58 Å². The van der Waals surface area contributed by atoms with Crippen LogP contribution in [0.3, 0.4) is 0 Å². The maximum absolute atomic E-state index is 5.89. The second-order valence-electron chi connectivity index (χ2n) is 5.08. The highest BCUT2D eigenvalue weighted by atomic mass is 16.5. The quantitative estimate of drug-likeness (QED) is 0.806. The van der Waals surface area contributed by atoms with Crippen molar-refractivity contribution in [2.24, 2.45) is 7.05 Å². The van der Waals surface area contributed by atoms with Crippen molar-refractivity contribution in [3.05, 3.63) is 18.0 Å². The summed E-state index contributed by atoms with van der Waals surface area (Å²) in [6, 6.07) is 0. The number of rotatable bonds is 6. The Kier molecular flexibility index (Phi) is 5.16. The summed E-state index contributed by atoms with van der Waals surface area (Å²) in [6.45, 7) is 4.91. The molecule has 0 atom stereocenters. The van der Waals surface area contributed by atoms with Crippen LogP contribution in [-0.4, -0.2) is 54.1 Å². The van der Waals surface area contributed by atoms with E-state index in [2.05, 4.69) is 28.6 Å². The van der Waals surface area contributed by atoms with Crippen molar-refractivity contribution in [3.63, 3.8) is 0 Å². The van der Waals surface area contributed by atoms with E-state index in [4.69, 9.17) is 4.74 Å². The molecule has 1 aromatic heterocycles. The maximum atomic E-state index is 5.89. The van der Waals surface area contributed by atoms with Crippen LogP contribution in [0.25, 0.3) is 0 Å². The lowest BCUT2D eigenvalue weighted by atomic mass is 10.1. The molecule has 0 aromatic carbocycles. The number of hydrogen-bond acceptors (Lipinski definition) is 4. The van der Waals surface area contributed by atoms with Crippen LogP contribution in [0.4, 0.5) is 0 Å². The second-order valence-corrected chi connectivity index (χ2v) is 5.08. The lowest BCUT2D eigenvalue weighted by Gasteiger charge is -2.24. The van der Waals surface area contributed by atoms with Gasteiger partial charge < -0.3 is 10.1 Å². The molecule has 0 radical (unpaired) electrons. The molecule has 1 saturated heterocycles. The minimum atomic E-state index is 0.457. The zero-order chi connectivity index (χ0) is 12.8. The first kappa shape index (κ1) is 13.5. The normalized spacial score (nSPS) is 17.5. The molecular weight excluding hydrogens is 228 g/mol. The minimum Gasteiger partial charge on any atom is -0.377 e. The van der Waals surface area contributed by atoms with Crippen LogP contribution in [0, 0.1) is 0 Å². The molecule has 1 fully saturated rings. The largest absolute Gasteiger partial charge is 0.377 e. The molecule has 1 aliphatic rings. The Balaban J connectivity index is 1.60. The summed E-state index contributed by atoms with van der Waals surface area (Å²) in [5, 5.41) is 7.52. The zero-order valence-electron chi connectivity index (χ0n) is 11.4. The molecule has 5 nitrogen and oxygen atoms in total. The van der Waals surface area contributed by atoms with Crippen LogP contribution in [0.2, 0.25) is 0 Å². The first-order chi connectivity index (χ1) is 8.74. The number of aryl methyl sites for hydroxylation is 1. The average molecular weight is 252 g/mol. The lowest BCUT2D eigenvalue weighted by molar-refractivity contribution is 0.0224. The summed E-state index contributed by atoms with van der Waals surface area (Å²) >= 11 is 0. The Hall–Kier alpha value is -0.910. The number of aromatic nitrogens is 2. The number of nitrogens with zero attached hydrogens (tertiary/aromatic N) is 3. The summed E-state index contributed by atoms with van der Waals surface area (Å²) in [7, 11) is 4.07. The van der Waals surface area contributed by atoms with Gasteiger partial charge in [0.15, 0.2) is 0 Å². The van der Waals surface area contributed by atoms with Crippen molar-refractivity contribution >= 4 is 0 Å². The molecule has 2 rings (SSSR count). The number of hydrogen-bond donors (Lipinski definition) is 1. The summed E-state index contributed by atoms with van der Waals surface area (Å²) in [4.78, 5) is 2.28. The fraction of sp³-hybridized carbons (Fsp3) is 0.769. The molecule has 1 N–H and O–H groups in total. The third-order valence-corrected chi connectivity index (χ3v) is 3.32. The van der Waals surface area contributed by atoms with E-state index in [0.29, 0.717) is 6.10 Å². The first-order valence-electron chi connectivity index (χ1n) is 6.72. The van der Waals surface area contributed by atoms with Gasteiger partial charge in [-0.1, -0.05) is 0 Å². The summed E-state index contributed by atoms with van der Waals surface area (Å²) < 4.78 is 7.74. The molecule has 0 bridgehead atoms. The van der Waals surface area contributed by atoms with Crippen molar-refractivity contribution in [2.75, 3.05) is 33.3 Å². The average Bonchev–Trinajstić information content (AvgIpc) is 2.76. The van der Waals surface area contributed by atoms with Crippen LogP contribution in [-0.2, 0) is 18.3 Å². The van der Waals surface area contributed by atoms with Crippen molar-refractivity contribution in [3.8, 4) is 0 Å². The smallest absolute Gasteiger partial charge is 0.0600 e. The van der Waals surface area contributed by atoms with Gasteiger partial charge in [-0.25, -0.2) is 0 Å². The van der Waals surface area contributed by atoms with Gasteiger partial charge in [0.05, 0.1) is 18.9 Å². The Morgan fingerprint density at radius 2 is 2.28 bits per heavy atom. The maximum Gasteiger partial charge on any atom is 0.0600 e. The summed E-state index contributed by atoms with van der Waals surface area (Å²) in [5.74, 6) is 0. The van der Waals surface area contributed by atoms with Crippen molar-refractivity contribution in [2.45, 2.75) is 25.5 Å². The summed E-state index contributed by atoms with van der Waals surface area (Å²) in [6.07, 6.45) is 6.73. The van der Waals surface area contributed by atoms with E-state index < -0.39 is 0 Å². The molecule has 1 aliphatic heterocycles. The fourth-order valence-corrected chi connectivity index (χ4v) is 2.28. The van der Waals surface area contributed by atoms with Crippen LogP contribution in [0.15, 0.2) is 12.4 Å². The van der Waals surface area contributed by atoms with E-state index in [0.717, 1.165) is 45.6 Å². The number of ether oxygens (including phenoxy) is 1. The van der Waals surface area contributed by atoms with Crippen molar-refractivity contribution in [1.29, 1.82) is 0 Å².